The van der Waals surface area contributed by atoms with E-state index in [4.69, 9.17) is 10.8 Å². The Morgan fingerprint density at radius 1 is 1.41 bits per heavy atom. The minimum atomic E-state index is -1.01. The Kier molecular flexibility index (Phi) is 4.30. The molecule has 7 heteroatoms. The minimum absolute atomic E-state index is 0.403. The summed E-state index contributed by atoms with van der Waals surface area (Å²) >= 11 is 0. The molecule has 0 aromatic rings. The molecular formula is C10H17N3O4. The van der Waals surface area contributed by atoms with Crippen LogP contribution in [-0.4, -0.2) is 46.5 Å². The Labute approximate surface area is 98.9 Å². The number of aliphatic carboxylic acids is 1. The van der Waals surface area contributed by atoms with Gasteiger partial charge >= 0.3 is 12.0 Å². The maximum atomic E-state index is 11.9. The lowest BCUT2D eigenvalue weighted by Crippen LogP contribution is -2.55. The molecule has 4 N–H and O–H groups in total. The van der Waals surface area contributed by atoms with E-state index in [1.165, 1.54) is 11.8 Å². The van der Waals surface area contributed by atoms with Gasteiger partial charge in [-0.1, -0.05) is 0 Å². The largest absolute Gasteiger partial charge is 0.480 e. The summed E-state index contributed by atoms with van der Waals surface area (Å²) in [4.78, 5) is 34.9. The number of hydrogen-bond acceptors (Lipinski definition) is 3. The van der Waals surface area contributed by atoms with Crippen LogP contribution in [0.4, 0.5) is 4.79 Å². The van der Waals surface area contributed by atoms with Gasteiger partial charge in [0.2, 0.25) is 5.91 Å². The first kappa shape index (κ1) is 13.3. The lowest BCUT2D eigenvalue weighted by molar-refractivity contribution is -0.152. The van der Waals surface area contributed by atoms with Gasteiger partial charge in [0.25, 0.3) is 0 Å². The van der Waals surface area contributed by atoms with E-state index in [1.807, 2.05) is 0 Å². The van der Waals surface area contributed by atoms with Crippen LogP contribution in [0.2, 0.25) is 0 Å². The third-order valence-electron chi connectivity index (χ3n) is 2.80. The first-order valence-electron chi connectivity index (χ1n) is 5.52. The third kappa shape index (κ3) is 3.33. The highest BCUT2D eigenvalue weighted by Crippen LogP contribution is 2.18. The van der Waals surface area contributed by atoms with Crippen molar-refractivity contribution in [1.82, 2.24) is 10.2 Å². The molecule has 1 aliphatic rings. The van der Waals surface area contributed by atoms with E-state index >= 15 is 0 Å². The van der Waals surface area contributed by atoms with Crippen LogP contribution in [0.5, 0.6) is 0 Å². The number of carbonyl (C=O) groups is 3. The topological polar surface area (TPSA) is 113 Å². The summed E-state index contributed by atoms with van der Waals surface area (Å²) in [6, 6.07) is -2.39. The Morgan fingerprint density at radius 2 is 2.06 bits per heavy atom. The van der Waals surface area contributed by atoms with Gasteiger partial charge in [0, 0.05) is 6.54 Å². The molecule has 1 fully saturated rings. The van der Waals surface area contributed by atoms with E-state index < -0.39 is 30.0 Å². The quantitative estimate of drug-likeness (QED) is 0.620. The van der Waals surface area contributed by atoms with Crippen molar-refractivity contribution in [1.29, 1.82) is 0 Å². The first-order valence-corrected chi connectivity index (χ1v) is 5.52. The smallest absolute Gasteiger partial charge is 0.326 e. The molecular weight excluding hydrogens is 226 g/mol. The van der Waals surface area contributed by atoms with Crippen molar-refractivity contribution in [3.63, 3.8) is 0 Å². The maximum Gasteiger partial charge on any atom is 0.326 e. The van der Waals surface area contributed by atoms with Crippen LogP contribution >= 0.6 is 0 Å². The van der Waals surface area contributed by atoms with Gasteiger partial charge in [0.05, 0.1) is 0 Å². The summed E-state index contributed by atoms with van der Waals surface area (Å²) in [7, 11) is 0. The molecule has 1 rings (SSSR count). The van der Waals surface area contributed by atoms with E-state index in [0.29, 0.717) is 13.0 Å². The van der Waals surface area contributed by atoms with E-state index in [2.05, 4.69) is 5.32 Å². The summed E-state index contributed by atoms with van der Waals surface area (Å²) in [6.45, 7) is 1.89. The molecule has 0 aliphatic carbocycles. The van der Waals surface area contributed by atoms with Gasteiger partial charge in [0.15, 0.2) is 0 Å². The number of piperidine rings is 1. The number of primary amides is 1. The number of nitrogens with two attached hydrogens (primary N) is 1. The number of hydrogen-bond donors (Lipinski definition) is 3. The number of likely N-dealkylation sites (tertiary alicyclic amines) is 1. The Morgan fingerprint density at radius 3 is 2.59 bits per heavy atom. The van der Waals surface area contributed by atoms with Gasteiger partial charge in [-0.3, -0.25) is 4.79 Å². The fraction of sp³-hybridized carbons (Fsp3) is 0.700. The molecule has 1 aliphatic heterocycles. The summed E-state index contributed by atoms with van der Waals surface area (Å²) in [5.41, 5.74) is 4.92. The van der Waals surface area contributed by atoms with Crippen molar-refractivity contribution >= 4 is 17.9 Å². The van der Waals surface area contributed by atoms with Gasteiger partial charge < -0.3 is 21.1 Å². The normalized spacial score (nSPS) is 21.7. The zero-order valence-electron chi connectivity index (χ0n) is 9.68. The molecule has 1 saturated heterocycles. The van der Waals surface area contributed by atoms with Gasteiger partial charge in [-0.25, -0.2) is 9.59 Å². The van der Waals surface area contributed by atoms with Crippen molar-refractivity contribution < 1.29 is 19.5 Å². The SMILES string of the molecule is CC(NC(N)=O)C(=O)N1CCCC[C@@H]1C(=O)O. The van der Waals surface area contributed by atoms with Crippen molar-refractivity contribution in [2.24, 2.45) is 5.73 Å². The highest BCUT2D eigenvalue weighted by molar-refractivity contribution is 5.89. The van der Waals surface area contributed by atoms with Gasteiger partial charge in [-0.15, -0.1) is 0 Å². The molecule has 1 heterocycles. The minimum Gasteiger partial charge on any atom is -0.480 e. The highest BCUT2D eigenvalue weighted by atomic mass is 16.4. The number of carbonyl (C=O) groups excluding carboxylic acids is 2. The second-order valence-electron chi connectivity index (χ2n) is 4.11. The molecule has 96 valence electrons. The van der Waals surface area contributed by atoms with Crippen LogP contribution < -0.4 is 11.1 Å². The number of nitrogens with zero attached hydrogens (tertiary/aromatic N) is 1. The Hall–Kier alpha value is -1.79. The number of carboxylic acids is 1. The van der Waals surface area contributed by atoms with Crippen LogP contribution in [0.25, 0.3) is 0 Å². The van der Waals surface area contributed by atoms with Crippen LogP contribution in [0.3, 0.4) is 0 Å². The highest BCUT2D eigenvalue weighted by Gasteiger charge is 2.34. The maximum absolute atomic E-state index is 11.9. The summed E-state index contributed by atoms with van der Waals surface area (Å²) in [6.07, 6.45) is 2.02. The first-order chi connectivity index (χ1) is 7.93. The molecule has 0 radical (unpaired) electrons. The molecule has 3 amide bonds. The van der Waals surface area contributed by atoms with Gasteiger partial charge in [-0.05, 0) is 26.2 Å². The number of urea groups is 1. The van der Waals surface area contributed by atoms with Crippen LogP contribution in [0, 0.1) is 0 Å². The second-order valence-corrected chi connectivity index (χ2v) is 4.11. The number of nitrogens with one attached hydrogen (secondary N) is 1. The fourth-order valence-electron chi connectivity index (χ4n) is 1.98. The lowest BCUT2D eigenvalue weighted by Gasteiger charge is -2.34. The molecule has 0 aromatic carbocycles. The fourth-order valence-corrected chi connectivity index (χ4v) is 1.98. The molecule has 0 saturated carbocycles. The summed E-state index contributed by atoms with van der Waals surface area (Å²) in [5.74, 6) is -1.42. The molecule has 2 atom stereocenters. The zero-order chi connectivity index (χ0) is 13.0. The average molecular weight is 243 g/mol. The van der Waals surface area contributed by atoms with Crippen LogP contribution in [0.1, 0.15) is 26.2 Å². The van der Waals surface area contributed by atoms with Gasteiger partial charge in [-0.2, -0.15) is 0 Å². The van der Waals surface area contributed by atoms with Crippen molar-refractivity contribution in [2.75, 3.05) is 6.54 Å². The summed E-state index contributed by atoms with van der Waals surface area (Å²) < 4.78 is 0. The van der Waals surface area contributed by atoms with E-state index in [-0.39, 0.29) is 0 Å². The summed E-state index contributed by atoms with van der Waals surface area (Å²) in [5, 5.41) is 11.3. The van der Waals surface area contributed by atoms with Crippen LogP contribution in [-0.2, 0) is 9.59 Å². The van der Waals surface area contributed by atoms with Crippen molar-refractivity contribution in [3.8, 4) is 0 Å². The van der Waals surface area contributed by atoms with Crippen LogP contribution in [0.15, 0.2) is 0 Å². The molecule has 17 heavy (non-hydrogen) atoms. The molecule has 0 aromatic heterocycles. The number of carboxylic acid groups (broad SMARTS) is 1. The predicted molar refractivity (Wildman–Crippen MR) is 59.2 cm³/mol. The Balaban J connectivity index is 2.70. The Bertz CT molecular complexity index is 332. The predicted octanol–water partition coefficient (Wildman–Crippen LogP) is -0.491. The van der Waals surface area contributed by atoms with Crippen molar-refractivity contribution in [3.05, 3.63) is 0 Å². The van der Waals surface area contributed by atoms with E-state index in [1.54, 1.807) is 0 Å². The standard InChI is InChI=1S/C10H17N3O4/c1-6(12-10(11)17)8(14)13-5-3-2-4-7(13)9(15)16/h6-7H,2-5H2,1H3,(H,15,16)(H3,11,12,17)/t6?,7-/m1/s1. The van der Waals surface area contributed by atoms with E-state index in [0.717, 1.165) is 12.8 Å². The second kappa shape index (κ2) is 5.51. The average Bonchev–Trinajstić information content (AvgIpc) is 2.27. The lowest BCUT2D eigenvalue weighted by atomic mass is 10.0. The monoisotopic (exact) mass is 243 g/mol. The van der Waals surface area contributed by atoms with Crippen molar-refractivity contribution in [2.45, 2.75) is 38.3 Å². The molecule has 0 bridgehead atoms. The number of amides is 3. The zero-order valence-corrected chi connectivity index (χ0v) is 9.68. The third-order valence-corrected chi connectivity index (χ3v) is 2.80. The molecule has 7 nitrogen and oxygen atoms in total. The van der Waals surface area contributed by atoms with Gasteiger partial charge in [0.1, 0.15) is 12.1 Å². The van der Waals surface area contributed by atoms with E-state index in [9.17, 15) is 14.4 Å². The number of rotatable bonds is 3. The molecule has 1 unspecified atom stereocenters. The molecule has 0 spiro atoms.